The molecule has 0 aromatic carbocycles. The third-order valence-corrected chi connectivity index (χ3v) is 0.417. The van der Waals surface area contributed by atoms with Gasteiger partial charge in [-0.1, -0.05) is 6.08 Å². The van der Waals surface area contributed by atoms with Gasteiger partial charge in [0.1, 0.15) is 0 Å². The average molecular weight is 107 g/mol. The summed E-state index contributed by atoms with van der Waals surface area (Å²) in [7, 11) is 0. The van der Waals surface area contributed by atoms with E-state index in [-0.39, 0.29) is 13.0 Å². The number of hydrogen-bond acceptors (Lipinski definition) is 1. The molecule has 34 valence electrons. The highest BCUT2D eigenvalue weighted by molar-refractivity contribution is 6.63. The van der Waals surface area contributed by atoms with Crippen molar-refractivity contribution in [1.29, 1.82) is 0 Å². The molecule has 0 bridgehead atoms. The van der Waals surface area contributed by atoms with Gasteiger partial charge < -0.3 is 0 Å². The van der Waals surface area contributed by atoms with Crippen molar-refractivity contribution in [2.75, 3.05) is 0 Å². The predicted octanol–water partition coefficient (Wildman–Crippen LogP) is 1.33. The second-order valence-corrected chi connectivity index (χ2v) is 1.18. The minimum Gasteiger partial charge on any atom is -0.281 e. The van der Waals surface area contributed by atoms with Gasteiger partial charge in [0, 0.05) is 6.42 Å². The van der Waals surface area contributed by atoms with E-state index in [1.807, 2.05) is 0 Å². The second-order valence-electron chi connectivity index (χ2n) is 0.763. The summed E-state index contributed by atoms with van der Waals surface area (Å²) in [5, 5.41) is -0.540. The summed E-state index contributed by atoms with van der Waals surface area (Å²) in [4.78, 5) is 9.90. The molecule has 0 unspecified atom stereocenters. The molecule has 0 saturated carbocycles. The van der Waals surface area contributed by atoms with Gasteiger partial charge in [0.15, 0.2) is 0 Å². The first-order valence-corrected chi connectivity index (χ1v) is 1.82. The number of carbonyl (C=O) groups is 1. The van der Waals surface area contributed by atoms with Gasteiger partial charge in [-0.25, -0.2) is 0 Å². The molecule has 0 radical (unpaired) electrons. The van der Waals surface area contributed by atoms with Crippen LogP contribution in [-0.2, 0) is 4.79 Å². The lowest BCUT2D eigenvalue weighted by molar-refractivity contribution is -0.110. The van der Waals surface area contributed by atoms with Crippen LogP contribution in [0.1, 0.15) is 9.16 Å². The van der Waals surface area contributed by atoms with Gasteiger partial charge in [0.05, 0.1) is 2.74 Å². The van der Waals surface area contributed by atoms with E-state index in [0.717, 1.165) is 6.08 Å². The summed E-state index contributed by atoms with van der Waals surface area (Å²) in [6.07, 6.45) is 1.11. The number of rotatable bonds is 2. The van der Waals surface area contributed by atoms with Crippen molar-refractivity contribution in [3.63, 3.8) is 0 Å². The Labute approximate surface area is 44.4 Å². The summed E-state index contributed by atoms with van der Waals surface area (Å²) < 4.78 is 13.0. The van der Waals surface area contributed by atoms with Crippen molar-refractivity contribution in [3.8, 4) is 0 Å². The molecule has 2 heteroatoms. The number of carbonyl (C=O) groups excluding carboxylic acids is 1. The number of allylic oxidation sites excluding steroid dienone is 1. The van der Waals surface area contributed by atoms with Crippen molar-refractivity contribution in [3.05, 3.63) is 12.6 Å². The highest BCUT2D eigenvalue weighted by Crippen LogP contribution is 1.85. The molecule has 0 fully saturated rings. The van der Waals surface area contributed by atoms with Gasteiger partial charge in [-0.05, 0) is 11.6 Å². The molecular weight excluding hydrogens is 99.5 g/mol. The third kappa shape index (κ3) is 3.70. The van der Waals surface area contributed by atoms with E-state index >= 15 is 0 Å². The summed E-state index contributed by atoms with van der Waals surface area (Å²) in [6.45, 7) is -0.376. The second kappa shape index (κ2) is 2.91. The largest absolute Gasteiger partial charge is 0.281 e. The smallest absolute Gasteiger partial charge is 0.225 e. The molecule has 0 aliphatic carbocycles. The average Bonchev–Trinajstić information content (AvgIpc) is 1.61. The van der Waals surface area contributed by atoms with E-state index in [4.69, 9.17) is 14.3 Å². The standard InChI is InChI=1S/C4H5ClO/c1-2-3-4(5)6/h2H,1,3H2/i1D2. The van der Waals surface area contributed by atoms with E-state index in [2.05, 4.69) is 0 Å². The topological polar surface area (TPSA) is 17.1 Å². The lowest BCUT2D eigenvalue weighted by atomic mass is 10.5. The Kier molecular flexibility index (Phi) is 1.36. The van der Waals surface area contributed by atoms with Crippen LogP contribution < -0.4 is 0 Å². The van der Waals surface area contributed by atoms with Gasteiger partial charge in [-0.2, -0.15) is 0 Å². The van der Waals surface area contributed by atoms with Crippen LogP contribution in [0.4, 0.5) is 0 Å². The van der Waals surface area contributed by atoms with E-state index in [1.165, 1.54) is 0 Å². The monoisotopic (exact) mass is 106 g/mol. The number of halogens is 1. The Morgan fingerprint density at radius 1 is 2.33 bits per heavy atom. The summed E-state index contributed by atoms with van der Waals surface area (Å²) >= 11 is 4.87. The minimum absolute atomic E-state index is 0.0239. The highest BCUT2D eigenvalue weighted by atomic mass is 35.5. The maximum absolute atomic E-state index is 9.90. The molecule has 0 aliphatic heterocycles. The fraction of sp³-hybridized carbons (Fsp3) is 0.250. The summed E-state index contributed by atoms with van der Waals surface area (Å²) in [5.41, 5.74) is 0. The van der Waals surface area contributed by atoms with Crippen LogP contribution in [0.15, 0.2) is 12.6 Å². The maximum Gasteiger partial charge on any atom is 0.225 e. The lowest BCUT2D eigenvalue weighted by Crippen LogP contribution is -1.76. The van der Waals surface area contributed by atoms with Crippen molar-refractivity contribution in [2.45, 2.75) is 6.42 Å². The van der Waals surface area contributed by atoms with E-state index < -0.39 is 5.24 Å². The SMILES string of the molecule is [2H]C([2H])=CCC(=O)Cl. The van der Waals surface area contributed by atoms with Crippen LogP contribution >= 0.6 is 11.6 Å². The van der Waals surface area contributed by atoms with Gasteiger partial charge in [-0.3, -0.25) is 4.79 Å². The molecule has 1 nitrogen and oxygen atoms in total. The first kappa shape index (κ1) is 2.80. The van der Waals surface area contributed by atoms with Crippen LogP contribution in [0.3, 0.4) is 0 Å². The fourth-order valence-electron chi connectivity index (χ4n) is 0.0802. The Bertz CT molecular complexity index is 117. The van der Waals surface area contributed by atoms with E-state index in [9.17, 15) is 4.79 Å². The molecule has 0 saturated heterocycles. The van der Waals surface area contributed by atoms with Crippen molar-refractivity contribution < 1.29 is 7.54 Å². The Morgan fingerprint density at radius 2 is 3.00 bits per heavy atom. The van der Waals surface area contributed by atoms with Gasteiger partial charge in [0.2, 0.25) is 5.24 Å². The zero-order valence-corrected chi connectivity index (χ0v) is 3.83. The van der Waals surface area contributed by atoms with E-state index in [0.29, 0.717) is 0 Å². The molecule has 0 heterocycles. The Morgan fingerprint density at radius 3 is 3.17 bits per heavy atom. The fourth-order valence-corrected chi connectivity index (χ4v) is 0.157. The first-order chi connectivity index (χ1) is 3.63. The van der Waals surface area contributed by atoms with Crippen molar-refractivity contribution in [1.82, 2.24) is 0 Å². The molecule has 0 atom stereocenters. The zero-order chi connectivity index (χ0) is 6.57. The van der Waals surface area contributed by atoms with E-state index in [1.54, 1.807) is 0 Å². The normalized spacial score (nSPS) is 11.5. The summed E-state index contributed by atoms with van der Waals surface area (Å²) in [5.74, 6) is 0. The molecule has 0 aliphatic rings. The minimum atomic E-state index is -0.540. The molecule has 0 N–H and O–H groups in total. The lowest BCUT2D eigenvalue weighted by Gasteiger charge is -1.72. The van der Waals surface area contributed by atoms with Crippen LogP contribution in [-0.4, -0.2) is 5.24 Å². The molecule has 0 aromatic rings. The van der Waals surface area contributed by atoms with Gasteiger partial charge >= 0.3 is 0 Å². The molecule has 6 heavy (non-hydrogen) atoms. The Hall–Kier alpha value is -0.300. The third-order valence-electron chi connectivity index (χ3n) is 0.263. The highest BCUT2D eigenvalue weighted by Gasteiger charge is 1.84. The molecular formula is C4H5ClO. The van der Waals surface area contributed by atoms with Crippen LogP contribution in [0.2, 0.25) is 0 Å². The van der Waals surface area contributed by atoms with Crippen molar-refractivity contribution in [2.24, 2.45) is 0 Å². The molecule has 0 aromatic heterocycles. The van der Waals surface area contributed by atoms with Crippen LogP contribution in [0, 0.1) is 0 Å². The van der Waals surface area contributed by atoms with Crippen LogP contribution in [0.5, 0.6) is 0 Å². The zero-order valence-electron chi connectivity index (χ0n) is 5.07. The molecule has 0 amide bonds. The maximum atomic E-state index is 9.90. The molecule has 0 rings (SSSR count). The summed E-state index contributed by atoms with van der Waals surface area (Å²) in [6, 6.07) is 0. The predicted molar refractivity (Wildman–Crippen MR) is 25.7 cm³/mol. The quantitative estimate of drug-likeness (QED) is 0.383. The molecule has 0 spiro atoms. The van der Waals surface area contributed by atoms with Gasteiger partial charge in [0.25, 0.3) is 0 Å². The Balaban J connectivity index is 3.45. The van der Waals surface area contributed by atoms with Gasteiger partial charge in [-0.15, -0.1) is 6.53 Å². The number of hydrogen-bond donors (Lipinski definition) is 0. The van der Waals surface area contributed by atoms with Crippen LogP contribution in [0.25, 0.3) is 0 Å². The first-order valence-electron chi connectivity index (χ1n) is 2.44. The van der Waals surface area contributed by atoms with Crippen molar-refractivity contribution >= 4 is 16.8 Å².